The van der Waals surface area contributed by atoms with E-state index in [1.165, 1.54) is 0 Å². The van der Waals surface area contributed by atoms with Crippen LogP contribution in [-0.4, -0.2) is 17.7 Å². The number of carbonyl (C=O) groups is 3. The Hall–Kier alpha value is -3.00. The highest BCUT2D eigenvalue weighted by Crippen LogP contribution is 2.29. The summed E-state index contributed by atoms with van der Waals surface area (Å²) in [5.41, 5.74) is 2.23. The predicted octanol–water partition coefficient (Wildman–Crippen LogP) is 4.34. The van der Waals surface area contributed by atoms with Crippen LogP contribution < -0.4 is 10.2 Å². The van der Waals surface area contributed by atoms with Crippen molar-refractivity contribution in [3.63, 3.8) is 0 Å². The van der Waals surface area contributed by atoms with Crippen LogP contribution >= 0.6 is 22.6 Å². The molecule has 0 aliphatic carbocycles. The maximum atomic E-state index is 12.6. The molecule has 0 saturated heterocycles. The van der Waals surface area contributed by atoms with Gasteiger partial charge in [-0.3, -0.25) is 14.4 Å². The largest absolute Gasteiger partial charge is 0.322 e. The first-order valence-corrected chi connectivity index (χ1v) is 9.27. The molecule has 0 saturated carbocycles. The van der Waals surface area contributed by atoms with E-state index in [1.807, 2.05) is 12.1 Å². The summed E-state index contributed by atoms with van der Waals surface area (Å²) in [7, 11) is 0. The Bertz CT molecular complexity index is 1060. The third-order valence-corrected chi connectivity index (χ3v) is 4.91. The molecule has 3 aromatic rings. The molecule has 0 bridgehead atoms. The van der Waals surface area contributed by atoms with Crippen molar-refractivity contribution in [2.24, 2.45) is 0 Å². The van der Waals surface area contributed by atoms with Crippen molar-refractivity contribution in [3.8, 4) is 0 Å². The highest BCUT2D eigenvalue weighted by Gasteiger charge is 2.36. The zero-order valence-electron chi connectivity index (χ0n) is 14.0. The van der Waals surface area contributed by atoms with Gasteiger partial charge in [0, 0.05) is 14.8 Å². The van der Waals surface area contributed by atoms with E-state index in [-0.39, 0.29) is 17.7 Å². The van der Waals surface area contributed by atoms with E-state index in [4.69, 9.17) is 0 Å². The standard InChI is InChI=1S/C21H13IN2O3/c22-14-6-3-5-13(11-14)19(25)23-15-7-4-8-16(12-15)24-20(26)17-9-1-2-10-18(17)21(24)27/h1-12H,(H,23,25). The van der Waals surface area contributed by atoms with Gasteiger partial charge in [-0.1, -0.05) is 24.3 Å². The highest BCUT2D eigenvalue weighted by atomic mass is 127. The number of nitrogens with zero attached hydrogens (tertiary/aromatic N) is 1. The van der Waals surface area contributed by atoms with Gasteiger partial charge in [0.1, 0.15) is 0 Å². The van der Waals surface area contributed by atoms with Crippen LogP contribution in [0.4, 0.5) is 11.4 Å². The van der Waals surface area contributed by atoms with Crippen LogP contribution in [-0.2, 0) is 0 Å². The Kier molecular flexibility index (Phi) is 4.49. The molecule has 0 spiro atoms. The number of amides is 3. The number of hydrogen-bond donors (Lipinski definition) is 1. The van der Waals surface area contributed by atoms with E-state index >= 15 is 0 Å². The summed E-state index contributed by atoms with van der Waals surface area (Å²) < 4.78 is 0.958. The molecule has 0 aromatic heterocycles. The molecule has 0 fully saturated rings. The molecule has 3 aromatic carbocycles. The second-order valence-electron chi connectivity index (χ2n) is 6.01. The van der Waals surface area contributed by atoms with E-state index in [1.54, 1.807) is 60.7 Å². The second-order valence-corrected chi connectivity index (χ2v) is 7.25. The van der Waals surface area contributed by atoms with E-state index in [9.17, 15) is 14.4 Å². The normalized spacial score (nSPS) is 12.9. The zero-order chi connectivity index (χ0) is 19.0. The topological polar surface area (TPSA) is 66.5 Å². The highest BCUT2D eigenvalue weighted by molar-refractivity contribution is 14.1. The summed E-state index contributed by atoms with van der Waals surface area (Å²) in [6, 6.07) is 20.7. The maximum absolute atomic E-state index is 12.6. The van der Waals surface area contributed by atoms with Crippen LogP contribution in [0.5, 0.6) is 0 Å². The van der Waals surface area contributed by atoms with Crippen LogP contribution in [0.2, 0.25) is 0 Å². The molecule has 0 atom stereocenters. The molecule has 4 rings (SSSR count). The van der Waals surface area contributed by atoms with Crippen molar-refractivity contribution in [3.05, 3.63) is 93.1 Å². The monoisotopic (exact) mass is 468 g/mol. The quantitative estimate of drug-likeness (QED) is 0.460. The van der Waals surface area contributed by atoms with Crippen molar-refractivity contribution in [1.82, 2.24) is 0 Å². The van der Waals surface area contributed by atoms with Crippen LogP contribution in [0.1, 0.15) is 31.1 Å². The third kappa shape index (κ3) is 3.23. The number of carbonyl (C=O) groups excluding carboxylic acids is 3. The fourth-order valence-corrected chi connectivity index (χ4v) is 3.52. The minimum atomic E-state index is -0.364. The van der Waals surface area contributed by atoms with E-state index < -0.39 is 0 Å². The van der Waals surface area contributed by atoms with Crippen molar-refractivity contribution in [2.45, 2.75) is 0 Å². The summed E-state index contributed by atoms with van der Waals surface area (Å²) in [5.74, 6) is -0.985. The van der Waals surface area contributed by atoms with Crippen LogP contribution in [0, 0.1) is 3.57 Å². The lowest BCUT2D eigenvalue weighted by Gasteiger charge is -2.15. The molecule has 27 heavy (non-hydrogen) atoms. The van der Waals surface area contributed by atoms with E-state index in [0.29, 0.717) is 28.1 Å². The number of halogens is 1. The molecule has 1 aliphatic heterocycles. The number of nitrogens with one attached hydrogen (secondary N) is 1. The average Bonchev–Trinajstić information content (AvgIpc) is 2.93. The van der Waals surface area contributed by atoms with Gasteiger partial charge in [0.05, 0.1) is 16.8 Å². The zero-order valence-corrected chi connectivity index (χ0v) is 16.1. The van der Waals surface area contributed by atoms with Gasteiger partial charge in [-0.25, -0.2) is 4.90 Å². The summed E-state index contributed by atoms with van der Waals surface area (Å²) in [4.78, 5) is 38.8. The number of fused-ring (bicyclic) bond motifs is 1. The van der Waals surface area contributed by atoms with Crippen molar-refractivity contribution >= 4 is 51.7 Å². The number of benzene rings is 3. The smallest absolute Gasteiger partial charge is 0.266 e. The molecule has 0 radical (unpaired) electrons. The Morgan fingerprint density at radius 1 is 0.815 bits per heavy atom. The first-order valence-electron chi connectivity index (χ1n) is 8.19. The number of hydrogen-bond acceptors (Lipinski definition) is 3. The minimum Gasteiger partial charge on any atom is -0.322 e. The lowest BCUT2D eigenvalue weighted by Crippen LogP contribution is -2.29. The second kappa shape index (κ2) is 6.96. The van der Waals surface area contributed by atoms with Gasteiger partial charge < -0.3 is 5.32 Å². The molecule has 0 unspecified atom stereocenters. The molecule has 6 heteroatoms. The van der Waals surface area contributed by atoms with Gasteiger partial charge in [0.2, 0.25) is 0 Å². The van der Waals surface area contributed by atoms with Crippen molar-refractivity contribution in [1.29, 1.82) is 0 Å². The maximum Gasteiger partial charge on any atom is 0.266 e. The fourth-order valence-electron chi connectivity index (χ4n) is 2.98. The van der Waals surface area contributed by atoms with Crippen LogP contribution in [0.3, 0.4) is 0 Å². The van der Waals surface area contributed by atoms with Gasteiger partial charge in [0.25, 0.3) is 17.7 Å². The number of anilines is 2. The van der Waals surface area contributed by atoms with Gasteiger partial charge >= 0.3 is 0 Å². The molecular weight excluding hydrogens is 455 g/mol. The number of rotatable bonds is 3. The number of imide groups is 1. The average molecular weight is 468 g/mol. The van der Waals surface area contributed by atoms with Crippen LogP contribution in [0.25, 0.3) is 0 Å². The Labute approximate surface area is 169 Å². The molecule has 1 N–H and O–H groups in total. The Morgan fingerprint density at radius 3 is 2.15 bits per heavy atom. The molecule has 1 heterocycles. The molecule has 3 amide bonds. The van der Waals surface area contributed by atoms with E-state index in [2.05, 4.69) is 27.9 Å². The fraction of sp³-hybridized carbons (Fsp3) is 0. The predicted molar refractivity (Wildman–Crippen MR) is 111 cm³/mol. The molecule has 1 aliphatic rings. The first kappa shape index (κ1) is 17.4. The third-order valence-electron chi connectivity index (χ3n) is 4.24. The lowest BCUT2D eigenvalue weighted by molar-refractivity contribution is 0.0925. The molecular formula is C21H13IN2O3. The van der Waals surface area contributed by atoms with Crippen molar-refractivity contribution in [2.75, 3.05) is 10.2 Å². The first-order chi connectivity index (χ1) is 13.0. The van der Waals surface area contributed by atoms with Gasteiger partial charge in [-0.05, 0) is 71.1 Å². The summed E-state index contributed by atoms with van der Waals surface area (Å²) in [6.45, 7) is 0. The van der Waals surface area contributed by atoms with Crippen LogP contribution in [0.15, 0.2) is 72.8 Å². The SMILES string of the molecule is O=C(Nc1cccc(N2C(=O)c3ccccc3C2=O)c1)c1cccc(I)c1. The summed E-state index contributed by atoms with van der Waals surface area (Å²) in [5, 5.41) is 2.81. The summed E-state index contributed by atoms with van der Waals surface area (Å²) in [6.07, 6.45) is 0. The Morgan fingerprint density at radius 2 is 1.48 bits per heavy atom. The van der Waals surface area contributed by atoms with Gasteiger partial charge in [0.15, 0.2) is 0 Å². The molecule has 132 valence electrons. The molecule has 5 nitrogen and oxygen atoms in total. The van der Waals surface area contributed by atoms with Gasteiger partial charge in [-0.15, -0.1) is 0 Å². The Balaban J connectivity index is 1.61. The lowest BCUT2D eigenvalue weighted by atomic mass is 10.1. The minimum absolute atomic E-state index is 0.256. The summed E-state index contributed by atoms with van der Waals surface area (Å²) >= 11 is 2.14. The van der Waals surface area contributed by atoms with Gasteiger partial charge in [-0.2, -0.15) is 0 Å². The van der Waals surface area contributed by atoms with Crippen molar-refractivity contribution < 1.29 is 14.4 Å². The van der Waals surface area contributed by atoms with E-state index in [0.717, 1.165) is 8.47 Å².